The minimum absolute atomic E-state index is 0.0691. The van der Waals surface area contributed by atoms with Gasteiger partial charge in [-0.1, -0.05) is 30.3 Å². The highest BCUT2D eigenvalue weighted by Gasteiger charge is 2.20. The van der Waals surface area contributed by atoms with Crippen LogP contribution in [0.5, 0.6) is 11.6 Å². The standard InChI is InChI=1S/C15H14BrNO4/c1-19-12-8-11(16)14(13(17-12)15(18)20-2)21-9-10-6-4-3-5-7-10/h3-8H,9H2,1-2H3. The number of carbonyl (C=O) groups is 1. The number of pyridine rings is 1. The number of hydrogen-bond donors (Lipinski definition) is 0. The Bertz CT molecular complexity index is 631. The van der Waals surface area contributed by atoms with Gasteiger partial charge in [0.2, 0.25) is 5.88 Å². The maximum absolute atomic E-state index is 11.8. The summed E-state index contributed by atoms with van der Waals surface area (Å²) in [6.45, 7) is 0.317. The van der Waals surface area contributed by atoms with Gasteiger partial charge in [-0.25, -0.2) is 9.78 Å². The van der Waals surface area contributed by atoms with Gasteiger partial charge in [-0.2, -0.15) is 0 Å². The largest absolute Gasteiger partial charge is 0.485 e. The van der Waals surface area contributed by atoms with E-state index in [9.17, 15) is 4.79 Å². The van der Waals surface area contributed by atoms with Crippen LogP contribution in [0, 0.1) is 0 Å². The van der Waals surface area contributed by atoms with Crippen molar-refractivity contribution < 1.29 is 19.0 Å². The summed E-state index contributed by atoms with van der Waals surface area (Å²) in [6.07, 6.45) is 0. The smallest absolute Gasteiger partial charge is 0.360 e. The maximum atomic E-state index is 11.8. The number of ether oxygens (including phenoxy) is 3. The van der Waals surface area contributed by atoms with Gasteiger partial charge in [0.15, 0.2) is 11.4 Å². The van der Waals surface area contributed by atoms with Crippen LogP contribution in [0.4, 0.5) is 0 Å². The Labute approximate surface area is 131 Å². The molecule has 1 aromatic carbocycles. The van der Waals surface area contributed by atoms with Crippen LogP contribution >= 0.6 is 15.9 Å². The van der Waals surface area contributed by atoms with Crippen molar-refractivity contribution in [2.45, 2.75) is 6.61 Å². The lowest BCUT2D eigenvalue weighted by atomic mass is 10.2. The average molecular weight is 352 g/mol. The Hall–Kier alpha value is -2.08. The SMILES string of the molecule is COC(=O)c1nc(OC)cc(Br)c1OCc1ccccc1. The number of rotatable bonds is 5. The van der Waals surface area contributed by atoms with Crippen molar-refractivity contribution in [1.29, 1.82) is 0 Å². The van der Waals surface area contributed by atoms with E-state index >= 15 is 0 Å². The molecular weight excluding hydrogens is 338 g/mol. The molecule has 0 radical (unpaired) electrons. The molecule has 0 fully saturated rings. The van der Waals surface area contributed by atoms with Crippen molar-refractivity contribution in [1.82, 2.24) is 4.98 Å². The quantitative estimate of drug-likeness (QED) is 0.774. The second-order valence-electron chi connectivity index (χ2n) is 4.09. The van der Waals surface area contributed by atoms with Crippen molar-refractivity contribution in [2.24, 2.45) is 0 Å². The second-order valence-corrected chi connectivity index (χ2v) is 4.94. The van der Waals surface area contributed by atoms with E-state index in [0.717, 1.165) is 5.56 Å². The topological polar surface area (TPSA) is 57.7 Å². The first kappa shape index (κ1) is 15.3. The zero-order valence-corrected chi connectivity index (χ0v) is 13.2. The van der Waals surface area contributed by atoms with Crippen LogP contribution in [0.3, 0.4) is 0 Å². The lowest BCUT2D eigenvalue weighted by Crippen LogP contribution is -2.10. The highest BCUT2D eigenvalue weighted by Crippen LogP contribution is 2.32. The van der Waals surface area contributed by atoms with Crippen LogP contribution in [-0.4, -0.2) is 25.2 Å². The second kappa shape index (κ2) is 7.08. The minimum atomic E-state index is -0.585. The molecular formula is C15H14BrNO4. The third kappa shape index (κ3) is 3.72. The van der Waals surface area contributed by atoms with Crippen molar-refractivity contribution in [3.63, 3.8) is 0 Å². The molecule has 0 amide bonds. The van der Waals surface area contributed by atoms with Crippen molar-refractivity contribution in [2.75, 3.05) is 14.2 Å². The molecule has 0 aliphatic carbocycles. The van der Waals surface area contributed by atoms with E-state index < -0.39 is 5.97 Å². The van der Waals surface area contributed by atoms with Gasteiger partial charge in [0, 0.05) is 6.07 Å². The number of carbonyl (C=O) groups excluding carboxylic acids is 1. The predicted molar refractivity (Wildman–Crippen MR) is 80.6 cm³/mol. The van der Waals surface area contributed by atoms with Crippen LogP contribution in [0.25, 0.3) is 0 Å². The molecule has 21 heavy (non-hydrogen) atoms. The third-order valence-corrected chi connectivity index (χ3v) is 3.31. The molecule has 6 heteroatoms. The van der Waals surface area contributed by atoms with Gasteiger partial charge in [-0.3, -0.25) is 0 Å². The highest BCUT2D eigenvalue weighted by atomic mass is 79.9. The molecule has 110 valence electrons. The van der Waals surface area contributed by atoms with Gasteiger partial charge in [0.05, 0.1) is 18.7 Å². The Balaban J connectivity index is 2.30. The molecule has 1 heterocycles. The summed E-state index contributed by atoms with van der Waals surface area (Å²) < 4.78 is 16.1. The Morgan fingerprint density at radius 3 is 2.57 bits per heavy atom. The van der Waals surface area contributed by atoms with Crippen LogP contribution < -0.4 is 9.47 Å². The first-order chi connectivity index (χ1) is 10.2. The van der Waals surface area contributed by atoms with E-state index in [4.69, 9.17) is 14.2 Å². The number of aromatic nitrogens is 1. The maximum Gasteiger partial charge on any atom is 0.360 e. The molecule has 2 aromatic rings. The summed E-state index contributed by atoms with van der Waals surface area (Å²) in [5, 5.41) is 0. The van der Waals surface area contributed by atoms with Crippen LogP contribution in [0.15, 0.2) is 40.9 Å². The molecule has 0 N–H and O–H groups in total. The average Bonchev–Trinajstić information content (AvgIpc) is 2.53. The summed E-state index contributed by atoms with van der Waals surface area (Å²) in [5.74, 6) is 0.0403. The minimum Gasteiger partial charge on any atom is -0.485 e. The molecule has 0 bridgehead atoms. The van der Waals surface area contributed by atoms with Crippen LogP contribution in [-0.2, 0) is 11.3 Å². The van der Waals surface area contributed by atoms with Gasteiger partial charge in [0.1, 0.15) is 6.61 Å². The molecule has 0 atom stereocenters. The highest BCUT2D eigenvalue weighted by molar-refractivity contribution is 9.10. The van der Waals surface area contributed by atoms with Crippen LogP contribution in [0.2, 0.25) is 0 Å². The van der Waals surface area contributed by atoms with E-state index in [-0.39, 0.29) is 5.69 Å². The molecule has 0 aliphatic rings. The molecule has 0 saturated carbocycles. The Kier molecular flexibility index (Phi) is 5.16. The van der Waals surface area contributed by atoms with Crippen LogP contribution in [0.1, 0.15) is 16.1 Å². The van der Waals surface area contributed by atoms with Gasteiger partial charge >= 0.3 is 5.97 Å². The number of nitrogens with zero attached hydrogens (tertiary/aromatic N) is 1. The van der Waals surface area contributed by atoms with E-state index in [0.29, 0.717) is 22.7 Å². The van der Waals surface area contributed by atoms with E-state index in [1.54, 1.807) is 6.07 Å². The molecule has 0 unspecified atom stereocenters. The summed E-state index contributed by atoms with van der Waals surface area (Å²) in [6, 6.07) is 11.3. The van der Waals surface area contributed by atoms with Gasteiger partial charge in [-0.15, -0.1) is 0 Å². The van der Waals surface area contributed by atoms with E-state index in [1.807, 2.05) is 30.3 Å². The van der Waals surface area contributed by atoms with Gasteiger partial charge in [0.25, 0.3) is 0 Å². The fraction of sp³-hybridized carbons (Fsp3) is 0.200. The molecule has 0 saturated heterocycles. The number of benzene rings is 1. The normalized spacial score (nSPS) is 10.0. The third-order valence-electron chi connectivity index (χ3n) is 2.72. The summed E-state index contributed by atoms with van der Waals surface area (Å²) in [4.78, 5) is 15.9. The first-order valence-corrected chi connectivity index (χ1v) is 6.94. The fourth-order valence-electron chi connectivity index (χ4n) is 1.69. The molecule has 5 nitrogen and oxygen atoms in total. The van der Waals surface area contributed by atoms with Crippen molar-refractivity contribution in [3.05, 3.63) is 52.1 Å². The molecule has 0 aliphatic heterocycles. The molecule has 0 spiro atoms. The predicted octanol–water partition coefficient (Wildman–Crippen LogP) is 3.22. The number of halogens is 1. The summed E-state index contributed by atoms with van der Waals surface area (Å²) in [7, 11) is 2.76. The fourth-order valence-corrected chi connectivity index (χ4v) is 2.19. The zero-order valence-electron chi connectivity index (χ0n) is 11.6. The van der Waals surface area contributed by atoms with E-state index in [2.05, 4.69) is 20.9 Å². The molecule has 1 aromatic heterocycles. The van der Waals surface area contributed by atoms with Crippen molar-refractivity contribution in [3.8, 4) is 11.6 Å². The Morgan fingerprint density at radius 1 is 1.24 bits per heavy atom. The number of hydrogen-bond acceptors (Lipinski definition) is 5. The number of esters is 1. The van der Waals surface area contributed by atoms with Gasteiger partial charge < -0.3 is 14.2 Å². The zero-order chi connectivity index (χ0) is 15.2. The lowest BCUT2D eigenvalue weighted by Gasteiger charge is -2.13. The molecule has 2 rings (SSSR count). The monoisotopic (exact) mass is 351 g/mol. The Morgan fingerprint density at radius 2 is 1.95 bits per heavy atom. The first-order valence-electron chi connectivity index (χ1n) is 6.15. The number of methoxy groups -OCH3 is 2. The van der Waals surface area contributed by atoms with E-state index in [1.165, 1.54) is 14.2 Å². The summed E-state index contributed by atoms with van der Waals surface area (Å²) >= 11 is 3.36. The lowest BCUT2D eigenvalue weighted by molar-refractivity contribution is 0.0587. The van der Waals surface area contributed by atoms with Crippen molar-refractivity contribution >= 4 is 21.9 Å². The van der Waals surface area contributed by atoms with Gasteiger partial charge in [-0.05, 0) is 21.5 Å². The summed E-state index contributed by atoms with van der Waals surface area (Å²) in [5.41, 5.74) is 1.05.